The highest BCUT2D eigenvalue weighted by Gasteiger charge is 2.22. The Morgan fingerprint density at radius 1 is 0.909 bits per heavy atom. The second-order valence-corrected chi connectivity index (χ2v) is 12.4. The minimum Gasteiger partial charge on any atom is -0.393 e. The van der Waals surface area contributed by atoms with Crippen LogP contribution < -0.4 is 16.2 Å². The molecule has 4 aromatic rings. The predicted molar refractivity (Wildman–Crippen MR) is 174 cm³/mol. The molecule has 0 unspecified atom stereocenters. The lowest BCUT2D eigenvalue weighted by Gasteiger charge is -2.29. The molecule has 3 N–H and O–H groups in total. The molecule has 9 heteroatoms. The van der Waals surface area contributed by atoms with Crippen LogP contribution in [0.1, 0.15) is 65.5 Å². The number of rotatable bonds is 6. The Morgan fingerprint density at radius 3 is 2.18 bits per heavy atom. The highest BCUT2D eigenvalue weighted by Crippen LogP contribution is 2.29. The number of amides is 2. The summed E-state index contributed by atoms with van der Waals surface area (Å²) in [5, 5.41) is 20.4. The molecular weight excluding hydrogens is 554 g/mol. The molecule has 1 aliphatic rings. The first-order valence-corrected chi connectivity index (χ1v) is 14.9. The van der Waals surface area contributed by atoms with Gasteiger partial charge in [-0.1, -0.05) is 45.0 Å². The van der Waals surface area contributed by atoms with Crippen molar-refractivity contribution in [2.45, 2.75) is 52.1 Å². The molecule has 0 saturated carbocycles. The minimum atomic E-state index is -0.347. The van der Waals surface area contributed by atoms with E-state index in [1.54, 1.807) is 42.3 Å². The van der Waals surface area contributed by atoms with Gasteiger partial charge in [0.05, 0.1) is 11.8 Å². The van der Waals surface area contributed by atoms with Crippen molar-refractivity contribution in [1.29, 1.82) is 0 Å². The van der Waals surface area contributed by atoms with Gasteiger partial charge in [-0.3, -0.25) is 14.4 Å². The first-order chi connectivity index (χ1) is 20.9. The van der Waals surface area contributed by atoms with E-state index in [-0.39, 0.29) is 28.9 Å². The molecule has 1 fully saturated rings. The molecular formula is C35H39N5O4. The second kappa shape index (κ2) is 12.5. The number of aryl methyl sites for hydroxylation is 1. The number of benzene rings is 3. The van der Waals surface area contributed by atoms with E-state index in [2.05, 4.69) is 36.5 Å². The minimum absolute atomic E-state index is 0.00222. The smallest absolute Gasteiger partial charge is 0.290 e. The Hall–Kier alpha value is -4.76. The van der Waals surface area contributed by atoms with Gasteiger partial charge in [0.15, 0.2) is 0 Å². The number of aliphatic hydroxyl groups is 1. The Morgan fingerprint density at radius 2 is 1.55 bits per heavy atom. The van der Waals surface area contributed by atoms with E-state index in [9.17, 15) is 19.5 Å². The molecule has 0 spiro atoms. The number of carbonyl (C=O) groups is 2. The SMILES string of the molecule is Cc1c(NC(=O)c2ccc(C(C)(C)C)cc2)cccc1-c1cc(Nc2ccc(C(=O)N3CCC(O)CC3)cc2)c(=O)n(C)n1. The third-order valence-corrected chi connectivity index (χ3v) is 8.10. The van der Waals surface area contributed by atoms with Crippen LogP contribution in [-0.4, -0.2) is 50.8 Å². The topological polar surface area (TPSA) is 117 Å². The van der Waals surface area contributed by atoms with Gasteiger partial charge >= 0.3 is 0 Å². The summed E-state index contributed by atoms with van der Waals surface area (Å²) in [5.74, 6) is -0.281. The van der Waals surface area contributed by atoms with E-state index in [4.69, 9.17) is 0 Å². The summed E-state index contributed by atoms with van der Waals surface area (Å²) >= 11 is 0. The van der Waals surface area contributed by atoms with Crippen LogP contribution in [0.3, 0.4) is 0 Å². The summed E-state index contributed by atoms with van der Waals surface area (Å²) in [4.78, 5) is 40.7. The number of hydrogen-bond donors (Lipinski definition) is 3. The highest BCUT2D eigenvalue weighted by atomic mass is 16.3. The van der Waals surface area contributed by atoms with Crippen molar-refractivity contribution in [3.05, 3.63) is 105 Å². The van der Waals surface area contributed by atoms with Crippen LogP contribution >= 0.6 is 0 Å². The largest absolute Gasteiger partial charge is 0.393 e. The molecule has 9 nitrogen and oxygen atoms in total. The third kappa shape index (κ3) is 6.73. The predicted octanol–water partition coefficient (Wildman–Crippen LogP) is 5.65. The van der Waals surface area contributed by atoms with Gasteiger partial charge < -0.3 is 20.6 Å². The summed E-state index contributed by atoms with van der Waals surface area (Å²) < 4.78 is 1.28. The maximum atomic E-state index is 13.1. The van der Waals surface area contributed by atoms with Gasteiger partial charge in [-0.2, -0.15) is 5.10 Å². The number of anilines is 3. The maximum absolute atomic E-state index is 13.1. The molecule has 0 aliphatic carbocycles. The Balaban J connectivity index is 1.34. The van der Waals surface area contributed by atoms with E-state index >= 15 is 0 Å². The lowest BCUT2D eigenvalue weighted by atomic mass is 9.86. The van der Waals surface area contributed by atoms with Crippen molar-refractivity contribution >= 4 is 28.9 Å². The van der Waals surface area contributed by atoms with Crippen LogP contribution in [0.4, 0.5) is 17.1 Å². The monoisotopic (exact) mass is 593 g/mol. The maximum Gasteiger partial charge on any atom is 0.290 e. The third-order valence-electron chi connectivity index (χ3n) is 8.10. The number of piperidine rings is 1. The molecule has 0 bridgehead atoms. The molecule has 0 atom stereocenters. The molecule has 2 heterocycles. The van der Waals surface area contributed by atoms with Gasteiger partial charge in [-0.05, 0) is 84.8 Å². The van der Waals surface area contributed by atoms with E-state index in [1.165, 1.54) is 4.68 Å². The average molecular weight is 594 g/mol. The van der Waals surface area contributed by atoms with Crippen molar-refractivity contribution in [2.24, 2.45) is 7.05 Å². The first kappa shape index (κ1) is 30.7. The van der Waals surface area contributed by atoms with Crippen LogP contribution in [0.2, 0.25) is 0 Å². The van der Waals surface area contributed by atoms with Crippen LogP contribution in [0, 0.1) is 6.92 Å². The van der Waals surface area contributed by atoms with E-state index in [1.807, 2.05) is 49.4 Å². The first-order valence-electron chi connectivity index (χ1n) is 14.9. The van der Waals surface area contributed by atoms with Gasteiger partial charge in [-0.25, -0.2) is 4.68 Å². The van der Waals surface area contributed by atoms with Crippen LogP contribution in [0.25, 0.3) is 11.3 Å². The van der Waals surface area contributed by atoms with Crippen LogP contribution in [0.5, 0.6) is 0 Å². The van der Waals surface area contributed by atoms with E-state index in [0.29, 0.717) is 59.8 Å². The molecule has 1 aliphatic heterocycles. The van der Waals surface area contributed by atoms with E-state index < -0.39 is 0 Å². The van der Waals surface area contributed by atoms with Crippen LogP contribution in [-0.2, 0) is 12.5 Å². The van der Waals surface area contributed by atoms with Gasteiger partial charge in [0.1, 0.15) is 5.69 Å². The standard InChI is InChI=1S/C35H39N5O4/c1-22-28(7-6-8-29(22)37-32(42)23-9-13-25(14-10-23)35(2,3)4)30-21-31(34(44)39(5)38-30)36-26-15-11-24(12-16-26)33(43)40-19-17-27(41)18-20-40/h6-16,21,27,36,41H,17-20H2,1-5H3,(H,37,42). The molecule has 0 radical (unpaired) electrons. The zero-order valence-electron chi connectivity index (χ0n) is 25.8. The molecule has 1 aromatic heterocycles. The molecule has 5 rings (SSSR count). The zero-order chi connectivity index (χ0) is 31.6. The number of hydrogen-bond acceptors (Lipinski definition) is 6. The normalized spacial score (nSPS) is 13.9. The van der Waals surface area contributed by atoms with Gasteiger partial charge in [0.25, 0.3) is 17.4 Å². The summed E-state index contributed by atoms with van der Waals surface area (Å²) in [6.07, 6.45) is 0.818. The van der Waals surface area contributed by atoms with Crippen molar-refractivity contribution in [3.63, 3.8) is 0 Å². The second-order valence-electron chi connectivity index (χ2n) is 12.4. The number of likely N-dealkylation sites (tertiary alicyclic amines) is 1. The summed E-state index contributed by atoms with van der Waals surface area (Å²) in [5.41, 5.74) is 5.76. The fourth-order valence-corrected chi connectivity index (χ4v) is 5.30. The number of aromatic nitrogens is 2. The van der Waals surface area contributed by atoms with Crippen molar-refractivity contribution in [2.75, 3.05) is 23.7 Å². The number of nitrogens with zero attached hydrogens (tertiary/aromatic N) is 3. The number of nitrogens with one attached hydrogen (secondary N) is 2. The van der Waals surface area contributed by atoms with Crippen molar-refractivity contribution in [1.82, 2.24) is 14.7 Å². The fraction of sp³-hybridized carbons (Fsp3) is 0.314. The van der Waals surface area contributed by atoms with Crippen molar-refractivity contribution in [3.8, 4) is 11.3 Å². The van der Waals surface area contributed by atoms with Crippen LogP contribution in [0.15, 0.2) is 77.6 Å². The lowest BCUT2D eigenvalue weighted by Crippen LogP contribution is -2.40. The Labute approximate surface area is 257 Å². The van der Waals surface area contributed by atoms with E-state index in [0.717, 1.165) is 16.7 Å². The molecule has 44 heavy (non-hydrogen) atoms. The number of aliphatic hydroxyl groups excluding tert-OH is 1. The zero-order valence-corrected chi connectivity index (χ0v) is 25.8. The summed E-state index contributed by atoms with van der Waals surface area (Å²) in [6, 6.07) is 21.9. The summed E-state index contributed by atoms with van der Waals surface area (Å²) in [6.45, 7) is 9.37. The van der Waals surface area contributed by atoms with Crippen molar-refractivity contribution < 1.29 is 14.7 Å². The number of carbonyl (C=O) groups excluding carboxylic acids is 2. The van der Waals surface area contributed by atoms with Gasteiger partial charge in [0.2, 0.25) is 0 Å². The molecule has 1 saturated heterocycles. The van der Waals surface area contributed by atoms with Gasteiger partial charge in [0, 0.05) is 48.2 Å². The highest BCUT2D eigenvalue weighted by molar-refractivity contribution is 6.05. The lowest BCUT2D eigenvalue weighted by molar-refractivity contribution is 0.0546. The molecule has 228 valence electrons. The summed E-state index contributed by atoms with van der Waals surface area (Å²) in [7, 11) is 1.59. The quantitative estimate of drug-likeness (QED) is 0.266. The Kier molecular flexibility index (Phi) is 8.69. The average Bonchev–Trinajstić information content (AvgIpc) is 3.00. The Bertz CT molecular complexity index is 1730. The molecule has 3 aromatic carbocycles. The van der Waals surface area contributed by atoms with Gasteiger partial charge in [-0.15, -0.1) is 0 Å². The fourth-order valence-electron chi connectivity index (χ4n) is 5.30. The molecule has 2 amide bonds.